The Bertz CT molecular complexity index is 756. The Morgan fingerprint density at radius 3 is 2.62 bits per heavy atom. The van der Waals surface area contributed by atoms with E-state index in [-0.39, 0.29) is 11.9 Å². The number of nitrogens with zero attached hydrogens (tertiary/aromatic N) is 5. The molecule has 142 valence electrons. The minimum Gasteiger partial charge on any atom is -0.440 e. The molecular weight excluding hydrogens is 330 g/mol. The van der Waals surface area contributed by atoms with E-state index in [9.17, 15) is 4.79 Å². The zero-order valence-electron chi connectivity index (χ0n) is 16.4. The minimum atomic E-state index is -0.0235. The summed E-state index contributed by atoms with van der Waals surface area (Å²) in [5.74, 6) is 1.40. The number of aryl methyl sites for hydroxylation is 2. The Labute approximate surface area is 155 Å². The van der Waals surface area contributed by atoms with E-state index in [2.05, 4.69) is 35.9 Å². The van der Waals surface area contributed by atoms with Gasteiger partial charge in [-0.05, 0) is 45.8 Å². The highest BCUT2D eigenvalue weighted by Crippen LogP contribution is 2.25. The molecule has 2 aromatic heterocycles. The first-order valence-electron chi connectivity index (χ1n) is 9.31. The van der Waals surface area contributed by atoms with Crippen LogP contribution in [0.15, 0.2) is 16.8 Å². The number of aromatic nitrogens is 3. The lowest BCUT2D eigenvalue weighted by Crippen LogP contribution is -2.48. The zero-order valence-corrected chi connectivity index (χ0v) is 16.4. The van der Waals surface area contributed by atoms with Crippen LogP contribution < -0.4 is 0 Å². The van der Waals surface area contributed by atoms with E-state index in [0.717, 1.165) is 38.0 Å². The van der Waals surface area contributed by atoms with Crippen molar-refractivity contribution in [2.24, 2.45) is 13.0 Å². The van der Waals surface area contributed by atoms with Crippen LogP contribution in [0.1, 0.15) is 42.9 Å². The topological polar surface area (TPSA) is 67.4 Å². The maximum Gasteiger partial charge on any atom is 0.276 e. The maximum absolute atomic E-state index is 13.3. The Morgan fingerprint density at radius 1 is 1.35 bits per heavy atom. The second-order valence-electron chi connectivity index (χ2n) is 7.71. The van der Waals surface area contributed by atoms with Crippen LogP contribution in [0.5, 0.6) is 0 Å². The largest absolute Gasteiger partial charge is 0.440 e. The van der Waals surface area contributed by atoms with Crippen LogP contribution in [0, 0.1) is 12.8 Å². The van der Waals surface area contributed by atoms with Crippen LogP contribution in [0.2, 0.25) is 0 Å². The van der Waals surface area contributed by atoms with Crippen LogP contribution in [-0.4, -0.2) is 63.2 Å². The lowest BCUT2D eigenvalue weighted by atomic mass is 10.0. The van der Waals surface area contributed by atoms with Crippen molar-refractivity contribution in [1.82, 2.24) is 24.6 Å². The number of rotatable bonds is 5. The maximum atomic E-state index is 13.3. The molecule has 1 saturated heterocycles. The Morgan fingerprint density at radius 2 is 2.04 bits per heavy atom. The predicted octanol–water partition coefficient (Wildman–Crippen LogP) is 2.58. The normalized spacial score (nSPS) is 16.4. The molecule has 0 spiro atoms. The van der Waals surface area contributed by atoms with E-state index >= 15 is 0 Å². The van der Waals surface area contributed by atoms with Gasteiger partial charge in [0.1, 0.15) is 5.76 Å². The number of oxazole rings is 1. The molecule has 0 unspecified atom stereocenters. The van der Waals surface area contributed by atoms with E-state index in [1.807, 2.05) is 25.1 Å². The molecular formula is C19H29N5O2. The molecule has 0 radical (unpaired) electrons. The van der Waals surface area contributed by atoms with Crippen LogP contribution in [0.4, 0.5) is 0 Å². The van der Waals surface area contributed by atoms with E-state index < -0.39 is 0 Å². The average molecular weight is 359 g/mol. The summed E-state index contributed by atoms with van der Waals surface area (Å²) in [4.78, 5) is 22.1. The molecule has 0 aromatic carbocycles. The molecule has 26 heavy (non-hydrogen) atoms. The molecule has 1 amide bonds. The monoisotopic (exact) mass is 359 g/mol. The molecule has 7 heteroatoms. The van der Waals surface area contributed by atoms with Crippen LogP contribution >= 0.6 is 0 Å². The first-order valence-corrected chi connectivity index (χ1v) is 9.31. The van der Waals surface area contributed by atoms with Gasteiger partial charge in [0.2, 0.25) is 5.89 Å². The van der Waals surface area contributed by atoms with Gasteiger partial charge in [0.25, 0.3) is 5.91 Å². The fourth-order valence-corrected chi connectivity index (χ4v) is 3.48. The van der Waals surface area contributed by atoms with Gasteiger partial charge >= 0.3 is 0 Å². The highest BCUT2D eigenvalue weighted by Gasteiger charge is 2.31. The first kappa shape index (κ1) is 18.6. The van der Waals surface area contributed by atoms with Gasteiger partial charge in [-0.15, -0.1) is 0 Å². The SMILES string of the molecule is Cc1oc(-c2cnn(C)c2)nc1C(=O)N(CC(C)C)C1CCN(C)CC1. The highest BCUT2D eigenvalue weighted by atomic mass is 16.4. The molecule has 0 aliphatic carbocycles. The van der Waals surface area contributed by atoms with Gasteiger partial charge < -0.3 is 14.2 Å². The van der Waals surface area contributed by atoms with Crippen molar-refractivity contribution >= 4 is 5.91 Å². The third-order valence-electron chi connectivity index (χ3n) is 4.90. The second-order valence-corrected chi connectivity index (χ2v) is 7.71. The van der Waals surface area contributed by atoms with Gasteiger partial charge in [0.05, 0.1) is 11.8 Å². The Balaban J connectivity index is 1.85. The number of carbonyl (C=O) groups excluding carboxylic acids is 1. The second kappa shape index (κ2) is 7.61. The summed E-state index contributed by atoms with van der Waals surface area (Å²) >= 11 is 0. The molecule has 3 heterocycles. The van der Waals surface area contributed by atoms with E-state index in [1.54, 1.807) is 10.9 Å². The molecule has 7 nitrogen and oxygen atoms in total. The molecule has 3 rings (SSSR count). The number of likely N-dealkylation sites (tertiary alicyclic amines) is 1. The predicted molar refractivity (Wildman–Crippen MR) is 99.8 cm³/mol. The molecule has 1 aliphatic heterocycles. The summed E-state index contributed by atoms with van der Waals surface area (Å²) in [6, 6.07) is 0.263. The quantitative estimate of drug-likeness (QED) is 0.821. The molecule has 2 aromatic rings. The molecule has 1 aliphatic rings. The third kappa shape index (κ3) is 3.98. The lowest BCUT2D eigenvalue weighted by Gasteiger charge is -2.38. The van der Waals surface area contributed by atoms with Gasteiger partial charge in [-0.2, -0.15) is 5.10 Å². The standard InChI is InChI=1S/C19H29N5O2/c1-13(2)11-24(16-6-8-22(4)9-7-16)19(25)17-14(3)26-18(21-17)15-10-20-23(5)12-15/h10,12-13,16H,6-9,11H2,1-5H3. The molecule has 0 bridgehead atoms. The Kier molecular flexibility index (Phi) is 5.46. The van der Waals surface area contributed by atoms with Crippen LogP contribution in [-0.2, 0) is 7.05 Å². The number of piperidine rings is 1. The molecule has 1 fully saturated rings. The van der Waals surface area contributed by atoms with Gasteiger partial charge in [-0.25, -0.2) is 4.98 Å². The first-order chi connectivity index (χ1) is 12.3. The third-order valence-corrected chi connectivity index (χ3v) is 4.90. The van der Waals surface area contributed by atoms with Gasteiger partial charge in [-0.3, -0.25) is 9.48 Å². The summed E-state index contributed by atoms with van der Waals surface area (Å²) in [6.45, 7) is 8.87. The molecule has 0 saturated carbocycles. The summed E-state index contributed by atoms with van der Waals surface area (Å²) in [5.41, 5.74) is 1.20. The van der Waals surface area contributed by atoms with Gasteiger partial charge in [-0.1, -0.05) is 13.8 Å². The fraction of sp³-hybridized carbons (Fsp3) is 0.632. The van der Waals surface area contributed by atoms with Crippen molar-refractivity contribution in [3.8, 4) is 11.5 Å². The number of amides is 1. The number of hydrogen-bond donors (Lipinski definition) is 0. The molecule has 0 atom stereocenters. The average Bonchev–Trinajstić information content (AvgIpc) is 3.18. The van der Waals surface area contributed by atoms with Crippen molar-refractivity contribution in [1.29, 1.82) is 0 Å². The van der Waals surface area contributed by atoms with E-state index in [1.165, 1.54) is 0 Å². The molecule has 0 N–H and O–H groups in total. The van der Waals surface area contributed by atoms with Gasteiger partial charge in [0, 0.05) is 25.8 Å². The summed E-state index contributed by atoms with van der Waals surface area (Å²) < 4.78 is 7.47. The van der Waals surface area contributed by atoms with Crippen molar-refractivity contribution in [2.75, 3.05) is 26.7 Å². The summed E-state index contributed by atoms with van der Waals surface area (Å²) in [5, 5.41) is 4.15. The van der Waals surface area contributed by atoms with Gasteiger partial charge in [0.15, 0.2) is 5.69 Å². The fourth-order valence-electron chi connectivity index (χ4n) is 3.48. The van der Waals surface area contributed by atoms with Crippen molar-refractivity contribution < 1.29 is 9.21 Å². The van der Waals surface area contributed by atoms with Crippen molar-refractivity contribution in [3.63, 3.8) is 0 Å². The lowest BCUT2D eigenvalue weighted by molar-refractivity contribution is 0.0552. The van der Waals surface area contributed by atoms with Crippen molar-refractivity contribution in [2.45, 2.75) is 39.7 Å². The number of carbonyl (C=O) groups is 1. The van der Waals surface area contributed by atoms with E-state index in [4.69, 9.17) is 4.42 Å². The summed E-state index contributed by atoms with van der Waals surface area (Å²) in [7, 11) is 3.97. The smallest absolute Gasteiger partial charge is 0.276 e. The number of hydrogen-bond acceptors (Lipinski definition) is 5. The highest BCUT2D eigenvalue weighted by molar-refractivity contribution is 5.94. The Hall–Kier alpha value is -2.15. The minimum absolute atomic E-state index is 0.0235. The summed E-state index contributed by atoms with van der Waals surface area (Å²) in [6.07, 6.45) is 5.54. The zero-order chi connectivity index (χ0) is 18.8. The van der Waals surface area contributed by atoms with E-state index in [0.29, 0.717) is 23.3 Å². The van der Waals surface area contributed by atoms with Crippen LogP contribution in [0.3, 0.4) is 0 Å². The van der Waals surface area contributed by atoms with Crippen molar-refractivity contribution in [3.05, 3.63) is 23.8 Å². The van der Waals surface area contributed by atoms with Crippen LogP contribution in [0.25, 0.3) is 11.5 Å².